The quantitative estimate of drug-likeness (QED) is 0.253. The first-order chi connectivity index (χ1) is 18.4. The molecule has 0 saturated carbocycles. The Balaban J connectivity index is 0.00000164. The highest BCUT2D eigenvalue weighted by Gasteiger charge is 2.21. The number of imidazole rings is 1. The summed E-state index contributed by atoms with van der Waals surface area (Å²) in [6.07, 6.45) is 3.60. The predicted octanol–water partition coefficient (Wildman–Crippen LogP) is 5.51. The number of nitrogens with zero attached hydrogens (tertiary/aromatic N) is 1. The summed E-state index contributed by atoms with van der Waals surface area (Å²) in [5.74, 6) is 0.791. The number of fused-ring (bicyclic) bond motifs is 5. The molecule has 5 rings (SSSR count). The standard InChI is InChI=1S/C27H24N4O3P2.C2H6/c1-15(32)35-27-29-13-24(30-27)18-5-7-21-20(11-18)14-34-26-22-8-6-19(10-17(22)4-9-23(21)26)25(12-28-3)31-36-16(2)33;1-2/h5-8,10-13,28,31,35-36H,14H2,1-3H3,(H,29,30);1-2H3/b25-12-;. The number of rotatable bonds is 8. The van der Waals surface area contributed by atoms with Crippen LogP contribution in [0.5, 0.6) is 5.75 Å². The molecule has 38 heavy (non-hydrogen) atoms. The summed E-state index contributed by atoms with van der Waals surface area (Å²) in [6, 6.07) is 18.9. The molecule has 0 fully saturated rings. The van der Waals surface area contributed by atoms with Gasteiger partial charge < -0.3 is 20.1 Å². The molecule has 0 bridgehead atoms. The van der Waals surface area contributed by atoms with E-state index >= 15 is 0 Å². The van der Waals surface area contributed by atoms with Crippen molar-refractivity contribution in [2.75, 3.05) is 7.05 Å². The van der Waals surface area contributed by atoms with Crippen LogP contribution >= 0.6 is 17.3 Å². The molecule has 0 aliphatic carbocycles. The Hall–Kier alpha value is -3.71. The zero-order valence-electron chi connectivity index (χ0n) is 22.0. The second kappa shape index (κ2) is 12.2. The molecule has 0 radical (unpaired) electrons. The minimum atomic E-state index is -0.00656. The number of ether oxygens (including phenoxy) is 1. The molecule has 2 unspecified atom stereocenters. The van der Waals surface area contributed by atoms with E-state index < -0.39 is 0 Å². The minimum absolute atomic E-state index is 0.00656. The number of carbonyl (C=O) groups excluding carboxylic acids is 2. The van der Waals surface area contributed by atoms with Crippen molar-refractivity contribution in [1.29, 1.82) is 0 Å². The molecule has 7 nitrogen and oxygen atoms in total. The van der Waals surface area contributed by atoms with Crippen LogP contribution in [0.25, 0.3) is 38.9 Å². The van der Waals surface area contributed by atoms with Gasteiger partial charge in [-0.3, -0.25) is 9.59 Å². The zero-order valence-corrected chi connectivity index (χ0v) is 24.0. The lowest BCUT2D eigenvalue weighted by molar-refractivity contribution is -0.110. The number of hydrogen-bond acceptors (Lipinski definition) is 6. The van der Waals surface area contributed by atoms with E-state index in [0.717, 1.165) is 55.7 Å². The first-order valence-corrected chi connectivity index (χ1v) is 14.3. The van der Waals surface area contributed by atoms with Crippen LogP contribution in [-0.4, -0.2) is 28.1 Å². The molecule has 1 aliphatic heterocycles. The maximum atomic E-state index is 11.5. The van der Waals surface area contributed by atoms with Gasteiger partial charge in [-0.05, 0) is 36.2 Å². The number of nitrogens with one attached hydrogen (secondary N) is 3. The van der Waals surface area contributed by atoms with E-state index in [2.05, 4.69) is 44.6 Å². The van der Waals surface area contributed by atoms with Gasteiger partial charge in [0, 0.05) is 59.4 Å². The number of aromatic nitrogens is 2. The summed E-state index contributed by atoms with van der Waals surface area (Å²) >= 11 is 0. The van der Waals surface area contributed by atoms with Crippen LogP contribution in [0.2, 0.25) is 0 Å². The van der Waals surface area contributed by atoms with Gasteiger partial charge in [-0.25, -0.2) is 4.98 Å². The molecule has 0 spiro atoms. The van der Waals surface area contributed by atoms with E-state index in [-0.39, 0.29) is 28.4 Å². The monoisotopic (exact) mass is 544 g/mol. The fraction of sp³-hybridized carbons (Fsp3) is 0.207. The molecule has 1 aliphatic rings. The molecule has 2 atom stereocenters. The van der Waals surface area contributed by atoms with Gasteiger partial charge in [-0.1, -0.05) is 44.2 Å². The summed E-state index contributed by atoms with van der Waals surface area (Å²) in [4.78, 5) is 30.4. The summed E-state index contributed by atoms with van der Waals surface area (Å²) in [5.41, 5.74) is 7.52. The maximum absolute atomic E-state index is 11.5. The molecule has 3 N–H and O–H groups in total. The second-order valence-electron chi connectivity index (χ2n) is 8.35. The van der Waals surface area contributed by atoms with Gasteiger partial charge in [0.1, 0.15) is 17.9 Å². The zero-order chi connectivity index (χ0) is 27.2. The summed E-state index contributed by atoms with van der Waals surface area (Å²) in [6.45, 7) is 7.57. The Bertz CT molecular complexity index is 1530. The number of hydrogen-bond donors (Lipinski definition) is 3. The maximum Gasteiger partial charge on any atom is 0.168 e. The van der Waals surface area contributed by atoms with Crippen LogP contribution in [0.4, 0.5) is 0 Å². The molecule has 3 aromatic carbocycles. The molecule has 0 saturated heterocycles. The van der Waals surface area contributed by atoms with Gasteiger partial charge in [0.25, 0.3) is 0 Å². The van der Waals surface area contributed by atoms with Gasteiger partial charge in [0.2, 0.25) is 0 Å². The Labute approximate surface area is 226 Å². The van der Waals surface area contributed by atoms with Crippen molar-refractivity contribution in [3.8, 4) is 28.1 Å². The molecular formula is C29H30N4O3P2. The SMILES string of the molecule is CC.CN/C=C(\NPC(C)=O)c1ccc2c3c(c#cc2c1)-c1ccc(-c2cnc(PC(C)=O)[nH]2)cc1CO3. The normalized spacial score (nSPS) is 12.4. The van der Waals surface area contributed by atoms with Gasteiger partial charge in [-0.15, -0.1) is 0 Å². The van der Waals surface area contributed by atoms with Crippen molar-refractivity contribution in [2.45, 2.75) is 34.3 Å². The highest BCUT2D eigenvalue weighted by molar-refractivity contribution is 7.64. The molecule has 4 aromatic rings. The van der Waals surface area contributed by atoms with Crippen LogP contribution in [0.3, 0.4) is 0 Å². The van der Waals surface area contributed by atoms with Crippen LogP contribution < -0.4 is 20.7 Å². The highest BCUT2D eigenvalue weighted by Crippen LogP contribution is 2.42. The number of aromatic amines is 1. The van der Waals surface area contributed by atoms with Gasteiger partial charge in [-0.2, -0.15) is 0 Å². The van der Waals surface area contributed by atoms with Crippen molar-refractivity contribution in [3.05, 3.63) is 72.1 Å². The Morgan fingerprint density at radius 1 is 1.11 bits per heavy atom. The first kappa shape index (κ1) is 27.3. The van der Waals surface area contributed by atoms with Gasteiger partial charge in [0.15, 0.2) is 11.0 Å². The third kappa shape index (κ3) is 5.89. The average Bonchev–Trinajstić information content (AvgIpc) is 3.38. The number of carbonyl (C=O) groups is 2. The van der Waals surface area contributed by atoms with Crippen LogP contribution in [-0.2, 0) is 16.2 Å². The third-order valence-electron chi connectivity index (χ3n) is 5.71. The number of benzene rings is 2. The molecule has 2 heterocycles. The summed E-state index contributed by atoms with van der Waals surface area (Å²) < 4.78 is 6.23. The largest absolute Gasteiger partial charge is 0.487 e. The Morgan fingerprint density at radius 2 is 1.92 bits per heavy atom. The first-order valence-electron chi connectivity index (χ1n) is 12.3. The lowest BCUT2D eigenvalue weighted by Gasteiger charge is -2.21. The van der Waals surface area contributed by atoms with Crippen LogP contribution in [0.1, 0.15) is 38.8 Å². The van der Waals surface area contributed by atoms with E-state index in [1.54, 1.807) is 20.0 Å². The minimum Gasteiger partial charge on any atom is -0.487 e. The van der Waals surface area contributed by atoms with Crippen molar-refractivity contribution >= 4 is 50.4 Å². The fourth-order valence-electron chi connectivity index (χ4n) is 4.14. The van der Waals surface area contributed by atoms with E-state index in [1.807, 2.05) is 51.4 Å². The van der Waals surface area contributed by atoms with Crippen molar-refractivity contribution in [3.63, 3.8) is 0 Å². The van der Waals surface area contributed by atoms with Gasteiger partial charge in [0.05, 0.1) is 23.2 Å². The lowest BCUT2D eigenvalue weighted by atomic mass is 9.93. The molecule has 0 amide bonds. The van der Waals surface area contributed by atoms with Gasteiger partial charge >= 0.3 is 0 Å². The highest BCUT2D eigenvalue weighted by atomic mass is 31.1. The molecule has 9 heteroatoms. The van der Waals surface area contributed by atoms with Crippen molar-refractivity contribution in [1.82, 2.24) is 20.4 Å². The van der Waals surface area contributed by atoms with E-state index in [4.69, 9.17) is 4.74 Å². The van der Waals surface area contributed by atoms with Crippen molar-refractivity contribution in [2.24, 2.45) is 0 Å². The van der Waals surface area contributed by atoms with E-state index in [0.29, 0.717) is 12.2 Å². The topological polar surface area (TPSA) is 96.1 Å². The molecule has 1 aromatic heterocycles. The molecular weight excluding hydrogens is 514 g/mol. The number of H-pyrrole nitrogens is 1. The van der Waals surface area contributed by atoms with Crippen LogP contribution in [0.15, 0.2) is 48.8 Å². The summed E-state index contributed by atoms with van der Waals surface area (Å²) in [7, 11) is 1.85. The van der Waals surface area contributed by atoms with E-state index in [9.17, 15) is 9.59 Å². The smallest absolute Gasteiger partial charge is 0.168 e. The lowest BCUT2D eigenvalue weighted by Crippen LogP contribution is -2.08. The van der Waals surface area contributed by atoms with Crippen molar-refractivity contribution < 1.29 is 14.3 Å². The predicted molar refractivity (Wildman–Crippen MR) is 158 cm³/mol. The second-order valence-corrected chi connectivity index (χ2v) is 11.0. The summed E-state index contributed by atoms with van der Waals surface area (Å²) in [5, 5.41) is 8.08. The molecule has 194 valence electrons. The van der Waals surface area contributed by atoms with E-state index in [1.165, 1.54) is 0 Å². The fourth-order valence-corrected chi connectivity index (χ4v) is 5.32. The Kier molecular flexibility index (Phi) is 8.79. The third-order valence-corrected chi connectivity index (χ3v) is 7.30. The van der Waals surface area contributed by atoms with Crippen LogP contribution in [0, 0.1) is 12.1 Å². The Morgan fingerprint density at radius 3 is 2.66 bits per heavy atom. The average molecular weight is 545 g/mol.